The van der Waals surface area contributed by atoms with E-state index in [9.17, 15) is 9.90 Å². The fourth-order valence-electron chi connectivity index (χ4n) is 1.68. The lowest BCUT2D eigenvalue weighted by molar-refractivity contribution is 0.0636. The first-order valence-corrected chi connectivity index (χ1v) is 6.77. The Hall–Kier alpha value is -1.55. The predicted octanol–water partition coefficient (Wildman–Crippen LogP) is 3.61. The third-order valence-corrected chi connectivity index (χ3v) is 3.05. The molecule has 0 unspecified atom stereocenters. The lowest BCUT2D eigenvalue weighted by Gasteiger charge is -2.24. The summed E-state index contributed by atoms with van der Waals surface area (Å²) >= 11 is 0. The van der Waals surface area contributed by atoms with E-state index in [2.05, 4.69) is 5.32 Å². The molecule has 0 atom stereocenters. The maximum Gasteiger partial charge on any atom is 0.412 e. The van der Waals surface area contributed by atoms with Crippen LogP contribution in [0.4, 0.5) is 10.5 Å². The van der Waals surface area contributed by atoms with Crippen LogP contribution in [0.3, 0.4) is 0 Å². The molecule has 0 spiro atoms. The zero-order valence-corrected chi connectivity index (χ0v) is 13.2. The van der Waals surface area contributed by atoms with Crippen molar-refractivity contribution in [2.24, 2.45) is 0 Å². The molecule has 4 nitrogen and oxygen atoms in total. The van der Waals surface area contributed by atoms with Crippen LogP contribution in [0.2, 0.25) is 0 Å². The van der Waals surface area contributed by atoms with E-state index >= 15 is 0 Å². The van der Waals surface area contributed by atoms with Gasteiger partial charge >= 0.3 is 6.09 Å². The molecule has 0 aliphatic heterocycles. The van der Waals surface area contributed by atoms with Crippen LogP contribution in [-0.2, 0) is 10.2 Å². The smallest absolute Gasteiger partial charge is 0.412 e. The highest BCUT2D eigenvalue weighted by molar-refractivity contribution is 5.86. The summed E-state index contributed by atoms with van der Waals surface area (Å²) in [4.78, 5) is 11.8. The first-order valence-electron chi connectivity index (χ1n) is 6.77. The Kier molecular flexibility index (Phi) is 4.81. The van der Waals surface area contributed by atoms with Crippen molar-refractivity contribution in [3.05, 3.63) is 29.3 Å². The summed E-state index contributed by atoms with van der Waals surface area (Å²) in [6.07, 6.45) is -0.473. The van der Waals surface area contributed by atoms with Crippen LogP contribution in [0.25, 0.3) is 0 Å². The van der Waals surface area contributed by atoms with Gasteiger partial charge in [0.15, 0.2) is 0 Å². The van der Waals surface area contributed by atoms with Crippen LogP contribution in [-0.4, -0.2) is 23.4 Å². The van der Waals surface area contributed by atoms with Crippen molar-refractivity contribution in [3.63, 3.8) is 0 Å². The lowest BCUT2D eigenvalue weighted by Crippen LogP contribution is -2.28. The van der Waals surface area contributed by atoms with Gasteiger partial charge in [0.1, 0.15) is 5.60 Å². The van der Waals surface area contributed by atoms with Crippen LogP contribution in [0.1, 0.15) is 45.7 Å². The minimum Gasteiger partial charge on any atom is -0.444 e. The van der Waals surface area contributed by atoms with E-state index in [1.165, 1.54) is 0 Å². The molecule has 0 bridgehead atoms. The molecule has 0 aromatic heterocycles. The minimum atomic E-state index is -0.528. The summed E-state index contributed by atoms with van der Waals surface area (Å²) in [6, 6.07) is 5.78. The number of amides is 1. The van der Waals surface area contributed by atoms with Gasteiger partial charge in [-0.15, -0.1) is 0 Å². The molecule has 1 amide bonds. The maximum atomic E-state index is 11.8. The molecule has 0 aliphatic rings. The number of aryl methyl sites for hydroxylation is 1. The first kappa shape index (κ1) is 16.5. The Morgan fingerprint density at radius 1 is 1.25 bits per heavy atom. The third-order valence-electron chi connectivity index (χ3n) is 3.05. The average Bonchev–Trinajstić information content (AvgIpc) is 2.29. The number of nitrogens with one attached hydrogen (secondary N) is 1. The van der Waals surface area contributed by atoms with Gasteiger partial charge in [0.05, 0.1) is 6.61 Å². The number of anilines is 1. The molecule has 0 fully saturated rings. The van der Waals surface area contributed by atoms with Crippen LogP contribution in [0.5, 0.6) is 0 Å². The highest BCUT2D eigenvalue weighted by Crippen LogP contribution is 2.27. The Balaban J connectivity index is 2.96. The molecular formula is C16H25NO3. The van der Waals surface area contributed by atoms with Gasteiger partial charge in [-0.2, -0.15) is 0 Å². The molecule has 112 valence electrons. The van der Waals surface area contributed by atoms with Gasteiger partial charge in [0.25, 0.3) is 0 Å². The SMILES string of the molecule is Cc1ccc(C(C)(C)CO)cc1NC(=O)OC(C)(C)C. The molecule has 2 N–H and O–H groups in total. The number of rotatable bonds is 3. The van der Waals surface area contributed by atoms with Crippen molar-refractivity contribution in [3.8, 4) is 0 Å². The Morgan fingerprint density at radius 2 is 1.85 bits per heavy atom. The van der Waals surface area contributed by atoms with E-state index in [4.69, 9.17) is 4.74 Å². The van der Waals surface area contributed by atoms with Gasteiger partial charge in [0, 0.05) is 11.1 Å². The molecule has 0 heterocycles. The van der Waals surface area contributed by atoms with Crippen LogP contribution in [0.15, 0.2) is 18.2 Å². The van der Waals surface area contributed by atoms with E-state index in [1.54, 1.807) is 0 Å². The third kappa shape index (κ3) is 4.53. The zero-order chi connectivity index (χ0) is 15.6. The molecule has 1 aromatic carbocycles. The van der Waals surface area contributed by atoms with Gasteiger partial charge in [-0.25, -0.2) is 4.79 Å². The van der Waals surface area contributed by atoms with Crippen LogP contribution in [0, 0.1) is 6.92 Å². The fourth-order valence-corrected chi connectivity index (χ4v) is 1.68. The number of benzene rings is 1. The van der Waals surface area contributed by atoms with Gasteiger partial charge in [-0.05, 0) is 44.9 Å². The molecule has 0 saturated heterocycles. The number of aliphatic hydroxyl groups excluding tert-OH is 1. The summed E-state index contributed by atoms with van der Waals surface area (Å²) in [6.45, 7) is 11.3. The van der Waals surface area contributed by atoms with Crippen molar-refractivity contribution in [2.75, 3.05) is 11.9 Å². The Labute approximate surface area is 121 Å². The van der Waals surface area contributed by atoms with Crippen LogP contribution >= 0.6 is 0 Å². The van der Waals surface area contributed by atoms with E-state index in [1.807, 2.05) is 59.7 Å². The number of hydrogen-bond donors (Lipinski definition) is 2. The van der Waals surface area contributed by atoms with E-state index in [-0.39, 0.29) is 12.0 Å². The normalized spacial score (nSPS) is 12.2. The van der Waals surface area contributed by atoms with Gasteiger partial charge in [0.2, 0.25) is 0 Å². The second kappa shape index (κ2) is 5.83. The molecule has 1 rings (SSSR count). The summed E-state index contributed by atoms with van der Waals surface area (Å²) < 4.78 is 5.25. The summed E-state index contributed by atoms with van der Waals surface area (Å²) in [5.74, 6) is 0. The first-order chi connectivity index (χ1) is 9.05. The van der Waals surface area contributed by atoms with Crippen molar-refractivity contribution in [2.45, 2.75) is 52.6 Å². The topological polar surface area (TPSA) is 58.6 Å². The highest BCUT2D eigenvalue weighted by Gasteiger charge is 2.21. The lowest BCUT2D eigenvalue weighted by atomic mass is 9.85. The second-order valence-corrected chi connectivity index (χ2v) is 6.70. The second-order valence-electron chi connectivity index (χ2n) is 6.70. The predicted molar refractivity (Wildman–Crippen MR) is 81.1 cm³/mol. The Morgan fingerprint density at radius 3 is 2.35 bits per heavy atom. The van der Waals surface area contributed by atoms with Crippen LogP contribution < -0.4 is 5.32 Å². The summed E-state index contributed by atoms with van der Waals surface area (Å²) in [5.41, 5.74) is 1.75. The number of aliphatic hydroxyl groups is 1. The maximum absolute atomic E-state index is 11.8. The van der Waals surface area contributed by atoms with Crippen molar-refractivity contribution in [1.29, 1.82) is 0 Å². The molecule has 4 heteroatoms. The fraction of sp³-hybridized carbons (Fsp3) is 0.562. The number of ether oxygens (including phenoxy) is 1. The quantitative estimate of drug-likeness (QED) is 0.888. The minimum absolute atomic E-state index is 0.0436. The Bertz CT molecular complexity index is 487. The molecule has 0 radical (unpaired) electrons. The average molecular weight is 279 g/mol. The highest BCUT2D eigenvalue weighted by atomic mass is 16.6. The molecule has 0 aliphatic carbocycles. The standard InChI is InChI=1S/C16H25NO3/c1-11-7-8-12(16(5,6)10-18)9-13(11)17-14(19)20-15(2,3)4/h7-9,18H,10H2,1-6H3,(H,17,19). The molecular weight excluding hydrogens is 254 g/mol. The zero-order valence-electron chi connectivity index (χ0n) is 13.2. The molecule has 1 aromatic rings. The van der Waals surface area contributed by atoms with Gasteiger partial charge in [-0.3, -0.25) is 5.32 Å². The van der Waals surface area contributed by atoms with Crippen molar-refractivity contribution >= 4 is 11.8 Å². The van der Waals surface area contributed by atoms with Crippen molar-refractivity contribution < 1.29 is 14.6 Å². The molecule has 0 saturated carbocycles. The number of carbonyl (C=O) groups excluding carboxylic acids is 1. The summed E-state index contributed by atoms with van der Waals surface area (Å²) in [5, 5.41) is 12.2. The number of hydrogen-bond acceptors (Lipinski definition) is 3. The monoisotopic (exact) mass is 279 g/mol. The van der Waals surface area contributed by atoms with Crippen molar-refractivity contribution in [1.82, 2.24) is 0 Å². The van der Waals surface area contributed by atoms with E-state index < -0.39 is 11.7 Å². The largest absolute Gasteiger partial charge is 0.444 e. The summed E-state index contributed by atoms with van der Waals surface area (Å²) in [7, 11) is 0. The number of carbonyl (C=O) groups is 1. The molecule has 20 heavy (non-hydrogen) atoms. The van der Waals surface area contributed by atoms with Gasteiger partial charge in [-0.1, -0.05) is 26.0 Å². The van der Waals surface area contributed by atoms with E-state index in [0.717, 1.165) is 11.1 Å². The van der Waals surface area contributed by atoms with Gasteiger partial charge < -0.3 is 9.84 Å². The van der Waals surface area contributed by atoms with E-state index in [0.29, 0.717) is 5.69 Å².